The minimum Gasteiger partial charge on any atom is -0.372 e. The lowest BCUT2D eigenvalue weighted by Crippen LogP contribution is -2.33. The van der Waals surface area contributed by atoms with Gasteiger partial charge in [0.05, 0.1) is 12.7 Å². The van der Waals surface area contributed by atoms with E-state index in [4.69, 9.17) is 10.5 Å². The van der Waals surface area contributed by atoms with Gasteiger partial charge in [0.1, 0.15) is 0 Å². The van der Waals surface area contributed by atoms with Gasteiger partial charge in [0, 0.05) is 6.04 Å². The quantitative estimate of drug-likeness (QED) is 0.845. The highest BCUT2D eigenvalue weighted by atomic mass is 16.5. The Kier molecular flexibility index (Phi) is 3.97. The third kappa shape index (κ3) is 2.45. The molecular weight excluding hydrogens is 198 g/mol. The third-order valence-corrected chi connectivity index (χ3v) is 3.31. The average molecular weight is 219 g/mol. The smallest absolute Gasteiger partial charge is 0.0978 e. The van der Waals surface area contributed by atoms with E-state index in [2.05, 4.69) is 31.2 Å². The van der Waals surface area contributed by atoms with Crippen molar-refractivity contribution >= 4 is 0 Å². The largest absolute Gasteiger partial charge is 0.372 e. The molecular formula is C14H21NO. The van der Waals surface area contributed by atoms with E-state index >= 15 is 0 Å². The molecule has 1 heterocycles. The van der Waals surface area contributed by atoms with Crippen molar-refractivity contribution in [3.8, 4) is 0 Å². The molecule has 0 amide bonds. The minimum absolute atomic E-state index is 0.108. The molecule has 0 saturated heterocycles. The molecule has 0 saturated carbocycles. The Balaban J connectivity index is 2.12. The number of hydrogen-bond acceptors (Lipinski definition) is 2. The van der Waals surface area contributed by atoms with Gasteiger partial charge in [0.2, 0.25) is 0 Å². The van der Waals surface area contributed by atoms with E-state index in [9.17, 15) is 0 Å². The lowest BCUT2D eigenvalue weighted by molar-refractivity contribution is 0.0223. The Hall–Kier alpha value is -0.860. The van der Waals surface area contributed by atoms with E-state index < -0.39 is 0 Å². The SMILES string of the molecule is CCCCC(N)C1OCCc2ccccc21. The Morgan fingerprint density at radius 2 is 2.25 bits per heavy atom. The van der Waals surface area contributed by atoms with Crippen LogP contribution in [0.5, 0.6) is 0 Å². The summed E-state index contributed by atoms with van der Waals surface area (Å²) in [5.74, 6) is 0. The van der Waals surface area contributed by atoms with Gasteiger partial charge in [-0.05, 0) is 24.0 Å². The van der Waals surface area contributed by atoms with Gasteiger partial charge >= 0.3 is 0 Å². The molecule has 2 rings (SSSR count). The molecule has 0 aromatic heterocycles. The van der Waals surface area contributed by atoms with Crippen LogP contribution in [0, 0.1) is 0 Å². The van der Waals surface area contributed by atoms with Gasteiger partial charge in [-0.1, -0.05) is 44.0 Å². The second-order valence-corrected chi connectivity index (χ2v) is 4.55. The maximum atomic E-state index is 6.22. The highest BCUT2D eigenvalue weighted by molar-refractivity contribution is 5.31. The van der Waals surface area contributed by atoms with Crippen molar-refractivity contribution in [3.63, 3.8) is 0 Å². The number of hydrogen-bond donors (Lipinski definition) is 1. The second-order valence-electron chi connectivity index (χ2n) is 4.55. The number of unbranched alkanes of at least 4 members (excludes halogenated alkanes) is 1. The zero-order valence-corrected chi connectivity index (χ0v) is 9.99. The van der Waals surface area contributed by atoms with Crippen LogP contribution in [0.3, 0.4) is 0 Å². The zero-order valence-electron chi connectivity index (χ0n) is 9.99. The molecule has 1 aromatic rings. The molecule has 88 valence electrons. The Morgan fingerprint density at radius 1 is 1.44 bits per heavy atom. The standard InChI is InChI=1S/C14H21NO/c1-2-3-8-13(15)14-12-7-5-4-6-11(12)9-10-16-14/h4-7,13-14H,2-3,8-10,15H2,1H3. The molecule has 16 heavy (non-hydrogen) atoms. The van der Waals surface area contributed by atoms with Crippen LogP contribution in [-0.4, -0.2) is 12.6 Å². The topological polar surface area (TPSA) is 35.2 Å². The van der Waals surface area contributed by atoms with Crippen molar-refractivity contribution in [1.29, 1.82) is 0 Å². The monoisotopic (exact) mass is 219 g/mol. The first-order valence-corrected chi connectivity index (χ1v) is 6.28. The Labute approximate surface area is 97.8 Å². The normalized spacial score (nSPS) is 21.5. The maximum Gasteiger partial charge on any atom is 0.0978 e. The second kappa shape index (κ2) is 5.46. The van der Waals surface area contributed by atoms with Crippen molar-refractivity contribution in [3.05, 3.63) is 35.4 Å². The van der Waals surface area contributed by atoms with Gasteiger partial charge in [-0.2, -0.15) is 0 Å². The van der Waals surface area contributed by atoms with Crippen molar-refractivity contribution in [2.45, 2.75) is 44.8 Å². The molecule has 0 spiro atoms. The number of benzene rings is 1. The predicted molar refractivity (Wildman–Crippen MR) is 66.3 cm³/mol. The van der Waals surface area contributed by atoms with Gasteiger partial charge < -0.3 is 10.5 Å². The molecule has 2 heteroatoms. The van der Waals surface area contributed by atoms with Gasteiger partial charge in [-0.15, -0.1) is 0 Å². The minimum atomic E-state index is 0.108. The molecule has 1 aliphatic heterocycles. The molecule has 1 aliphatic rings. The summed E-state index contributed by atoms with van der Waals surface area (Å²) in [6, 6.07) is 8.66. The fourth-order valence-electron chi connectivity index (χ4n) is 2.37. The summed E-state index contributed by atoms with van der Waals surface area (Å²) in [7, 11) is 0. The van der Waals surface area contributed by atoms with E-state index in [1.807, 2.05) is 0 Å². The maximum absolute atomic E-state index is 6.22. The number of nitrogens with two attached hydrogens (primary N) is 1. The Morgan fingerprint density at radius 3 is 3.06 bits per heavy atom. The van der Waals surface area contributed by atoms with Crippen LogP contribution < -0.4 is 5.73 Å². The van der Waals surface area contributed by atoms with Gasteiger partial charge in [-0.25, -0.2) is 0 Å². The van der Waals surface area contributed by atoms with Crippen molar-refractivity contribution in [2.24, 2.45) is 5.73 Å². The van der Waals surface area contributed by atoms with Gasteiger partial charge in [-0.3, -0.25) is 0 Å². The molecule has 2 nitrogen and oxygen atoms in total. The summed E-state index contributed by atoms with van der Waals surface area (Å²) >= 11 is 0. The Bertz CT molecular complexity index is 337. The van der Waals surface area contributed by atoms with Crippen LogP contribution in [0.4, 0.5) is 0 Å². The van der Waals surface area contributed by atoms with Gasteiger partial charge in [0.15, 0.2) is 0 Å². The summed E-state index contributed by atoms with van der Waals surface area (Å²) < 4.78 is 5.84. The summed E-state index contributed by atoms with van der Waals surface area (Å²) in [5, 5.41) is 0. The predicted octanol–water partition coefficient (Wildman–Crippen LogP) is 2.82. The van der Waals surface area contributed by atoms with Crippen LogP contribution in [0.25, 0.3) is 0 Å². The highest BCUT2D eigenvalue weighted by Crippen LogP contribution is 2.30. The first kappa shape index (κ1) is 11.6. The summed E-state index contributed by atoms with van der Waals surface area (Å²) in [4.78, 5) is 0. The van der Waals surface area contributed by atoms with E-state index in [0.29, 0.717) is 0 Å². The fourth-order valence-corrected chi connectivity index (χ4v) is 2.37. The van der Waals surface area contributed by atoms with Crippen molar-refractivity contribution in [1.82, 2.24) is 0 Å². The van der Waals surface area contributed by atoms with Crippen molar-refractivity contribution in [2.75, 3.05) is 6.61 Å². The number of ether oxygens (including phenoxy) is 1. The first-order chi connectivity index (χ1) is 7.83. The molecule has 0 radical (unpaired) electrons. The van der Waals surface area contributed by atoms with Crippen LogP contribution in [0.1, 0.15) is 43.4 Å². The summed E-state index contributed by atoms with van der Waals surface area (Å²) in [6.07, 6.45) is 4.56. The van der Waals surface area contributed by atoms with Crippen LogP contribution in [0.15, 0.2) is 24.3 Å². The lowest BCUT2D eigenvalue weighted by atomic mass is 9.91. The molecule has 0 fully saturated rings. The third-order valence-electron chi connectivity index (χ3n) is 3.31. The molecule has 2 atom stereocenters. The van der Waals surface area contributed by atoms with E-state index in [-0.39, 0.29) is 12.1 Å². The van der Waals surface area contributed by atoms with Gasteiger partial charge in [0.25, 0.3) is 0 Å². The van der Waals surface area contributed by atoms with Crippen LogP contribution >= 0.6 is 0 Å². The zero-order chi connectivity index (χ0) is 11.4. The van der Waals surface area contributed by atoms with Crippen LogP contribution in [0.2, 0.25) is 0 Å². The number of fused-ring (bicyclic) bond motifs is 1. The molecule has 2 unspecified atom stereocenters. The molecule has 2 N–H and O–H groups in total. The number of rotatable bonds is 4. The highest BCUT2D eigenvalue weighted by Gasteiger charge is 2.25. The fraction of sp³-hybridized carbons (Fsp3) is 0.571. The first-order valence-electron chi connectivity index (χ1n) is 6.28. The van der Waals surface area contributed by atoms with E-state index in [1.165, 1.54) is 24.0 Å². The summed E-state index contributed by atoms with van der Waals surface area (Å²) in [6.45, 7) is 3.00. The lowest BCUT2D eigenvalue weighted by Gasteiger charge is -2.30. The van der Waals surface area contributed by atoms with E-state index in [0.717, 1.165) is 19.4 Å². The molecule has 1 aromatic carbocycles. The van der Waals surface area contributed by atoms with E-state index in [1.54, 1.807) is 0 Å². The average Bonchev–Trinajstić information content (AvgIpc) is 2.35. The van der Waals surface area contributed by atoms with Crippen molar-refractivity contribution < 1.29 is 4.74 Å². The van der Waals surface area contributed by atoms with Crippen LogP contribution in [-0.2, 0) is 11.2 Å². The molecule has 0 bridgehead atoms. The molecule has 0 aliphatic carbocycles. The summed E-state index contributed by atoms with van der Waals surface area (Å²) in [5.41, 5.74) is 8.94.